The van der Waals surface area contributed by atoms with Gasteiger partial charge in [-0.05, 0) is 25.2 Å². The average Bonchev–Trinajstić information content (AvgIpc) is 2.76. The second-order valence-electron chi connectivity index (χ2n) is 4.93. The number of amides is 2. The van der Waals surface area contributed by atoms with Gasteiger partial charge in [0.2, 0.25) is 11.8 Å². The number of aliphatic hydroxyl groups is 1. The van der Waals surface area contributed by atoms with E-state index < -0.39 is 0 Å². The van der Waals surface area contributed by atoms with Gasteiger partial charge in [-0.1, -0.05) is 0 Å². The van der Waals surface area contributed by atoms with Gasteiger partial charge in [0.05, 0.1) is 11.6 Å². The first-order chi connectivity index (χ1) is 8.70. The maximum atomic E-state index is 12.1. The van der Waals surface area contributed by atoms with Gasteiger partial charge in [-0.15, -0.1) is 11.8 Å². The second kappa shape index (κ2) is 6.43. The van der Waals surface area contributed by atoms with E-state index in [0.717, 1.165) is 32.4 Å². The number of carbonyl (C=O) groups is 2. The Balaban J connectivity index is 1.82. The molecule has 6 heteroatoms. The molecule has 2 amide bonds. The molecule has 2 aliphatic heterocycles. The summed E-state index contributed by atoms with van der Waals surface area (Å²) in [6.45, 7) is 1.93. The molecule has 5 nitrogen and oxygen atoms in total. The van der Waals surface area contributed by atoms with Crippen LogP contribution >= 0.6 is 11.8 Å². The fourth-order valence-corrected chi connectivity index (χ4v) is 3.42. The number of rotatable bonds is 4. The second-order valence-corrected chi connectivity index (χ2v) is 5.88. The van der Waals surface area contributed by atoms with E-state index >= 15 is 0 Å². The number of likely N-dealkylation sites (tertiary alicyclic amines) is 1. The first-order valence-electron chi connectivity index (χ1n) is 6.45. The number of hydrogen-bond acceptors (Lipinski definition) is 4. The Bertz CT molecular complexity index is 322. The highest BCUT2D eigenvalue weighted by molar-refractivity contribution is 8.00. The van der Waals surface area contributed by atoms with Crippen molar-refractivity contribution in [1.29, 1.82) is 0 Å². The van der Waals surface area contributed by atoms with Gasteiger partial charge in [-0.2, -0.15) is 0 Å². The van der Waals surface area contributed by atoms with Crippen molar-refractivity contribution in [3.05, 3.63) is 0 Å². The molecular formula is C12H20N2O3S. The van der Waals surface area contributed by atoms with Gasteiger partial charge in [0, 0.05) is 19.7 Å². The maximum absolute atomic E-state index is 12.1. The highest BCUT2D eigenvalue weighted by atomic mass is 32.2. The summed E-state index contributed by atoms with van der Waals surface area (Å²) >= 11 is 1.56. The van der Waals surface area contributed by atoms with Gasteiger partial charge in [0.25, 0.3) is 0 Å². The van der Waals surface area contributed by atoms with Crippen molar-refractivity contribution in [2.45, 2.75) is 19.3 Å². The van der Waals surface area contributed by atoms with Crippen LogP contribution in [0.1, 0.15) is 19.3 Å². The third kappa shape index (κ3) is 3.38. The lowest BCUT2D eigenvalue weighted by molar-refractivity contribution is -0.139. The molecular weight excluding hydrogens is 252 g/mol. The van der Waals surface area contributed by atoms with Crippen LogP contribution in [0.15, 0.2) is 0 Å². The molecule has 2 fully saturated rings. The average molecular weight is 272 g/mol. The van der Waals surface area contributed by atoms with Crippen LogP contribution in [0, 0.1) is 5.92 Å². The fraction of sp³-hybridized carbons (Fsp3) is 0.833. The Labute approximate surface area is 112 Å². The summed E-state index contributed by atoms with van der Waals surface area (Å²) in [7, 11) is 0. The number of nitrogens with zero attached hydrogens (tertiary/aromatic N) is 2. The summed E-state index contributed by atoms with van der Waals surface area (Å²) in [6.07, 6.45) is 2.85. The predicted molar refractivity (Wildman–Crippen MR) is 70.0 cm³/mol. The molecule has 2 rings (SSSR count). The van der Waals surface area contributed by atoms with Gasteiger partial charge < -0.3 is 14.9 Å². The molecule has 1 N–H and O–H groups in total. The summed E-state index contributed by atoms with van der Waals surface area (Å²) < 4.78 is 0. The lowest BCUT2D eigenvalue weighted by atomic mass is 9.95. The predicted octanol–water partition coefficient (Wildman–Crippen LogP) is 0.140. The zero-order valence-electron chi connectivity index (χ0n) is 10.5. The first-order valence-corrected chi connectivity index (χ1v) is 7.60. The van der Waals surface area contributed by atoms with E-state index in [1.54, 1.807) is 16.7 Å². The van der Waals surface area contributed by atoms with E-state index in [2.05, 4.69) is 0 Å². The molecule has 0 aliphatic carbocycles. The number of aliphatic hydroxyl groups excluding tert-OH is 1. The molecule has 2 heterocycles. The third-order valence-electron chi connectivity index (χ3n) is 3.56. The highest BCUT2D eigenvalue weighted by Gasteiger charge is 2.28. The largest absolute Gasteiger partial charge is 0.396 e. The van der Waals surface area contributed by atoms with Crippen molar-refractivity contribution >= 4 is 23.6 Å². The molecule has 0 spiro atoms. The van der Waals surface area contributed by atoms with Gasteiger partial charge >= 0.3 is 0 Å². The van der Waals surface area contributed by atoms with Crippen LogP contribution in [-0.2, 0) is 9.59 Å². The van der Waals surface area contributed by atoms with Crippen molar-refractivity contribution < 1.29 is 14.7 Å². The minimum Gasteiger partial charge on any atom is -0.396 e. The Morgan fingerprint density at radius 3 is 3.00 bits per heavy atom. The molecule has 0 aromatic carbocycles. The number of hydrogen-bond donors (Lipinski definition) is 1. The molecule has 18 heavy (non-hydrogen) atoms. The molecule has 1 atom stereocenters. The van der Waals surface area contributed by atoms with E-state index in [0.29, 0.717) is 17.5 Å². The quantitative estimate of drug-likeness (QED) is 0.791. The molecule has 0 saturated carbocycles. The van der Waals surface area contributed by atoms with Gasteiger partial charge in [-0.3, -0.25) is 9.59 Å². The fourth-order valence-electron chi connectivity index (χ4n) is 2.51. The lowest BCUT2D eigenvalue weighted by Crippen LogP contribution is -2.45. The Kier molecular flexibility index (Phi) is 4.88. The summed E-state index contributed by atoms with van der Waals surface area (Å²) in [5.41, 5.74) is 0. The standard InChI is InChI=1S/C12H20N2O3S/c15-5-3-10-2-1-4-13(6-10)11(16)7-14-9-18-8-12(14)17/h10,15H,1-9H2. The van der Waals surface area contributed by atoms with Crippen molar-refractivity contribution in [3.8, 4) is 0 Å². The molecule has 2 saturated heterocycles. The molecule has 2 aliphatic rings. The molecule has 1 unspecified atom stereocenters. The van der Waals surface area contributed by atoms with Crippen molar-refractivity contribution in [3.63, 3.8) is 0 Å². The zero-order chi connectivity index (χ0) is 13.0. The van der Waals surface area contributed by atoms with Gasteiger partial charge in [-0.25, -0.2) is 0 Å². The van der Waals surface area contributed by atoms with Crippen LogP contribution in [0.5, 0.6) is 0 Å². The maximum Gasteiger partial charge on any atom is 0.242 e. The van der Waals surface area contributed by atoms with Gasteiger partial charge in [0.15, 0.2) is 0 Å². The number of thioether (sulfide) groups is 1. The van der Waals surface area contributed by atoms with E-state index in [1.165, 1.54) is 0 Å². The molecule has 102 valence electrons. The molecule has 0 bridgehead atoms. The van der Waals surface area contributed by atoms with E-state index in [1.807, 2.05) is 4.90 Å². The SMILES string of the molecule is O=C1CSCN1CC(=O)N1CCCC(CCO)C1. The van der Waals surface area contributed by atoms with Crippen LogP contribution in [-0.4, -0.2) is 64.6 Å². The third-order valence-corrected chi connectivity index (χ3v) is 4.51. The minimum atomic E-state index is 0.0495. The summed E-state index contributed by atoms with van der Waals surface area (Å²) in [6, 6.07) is 0. The normalized spacial score (nSPS) is 24.7. The Hall–Kier alpha value is -0.750. The van der Waals surface area contributed by atoms with Gasteiger partial charge in [0.1, 0.15) is 6.54 Å². The van der Waals surface area contributed by atoms with E-state index in [4.69, 9.17) is 5.11 Å². The monoisotopic (exact) mass is 272 g/mol. The molecule has 0 aromatic heterocycles. The number of piperidine rings is 1. The smallest absolute Gasteiger partial charge is 0.242 e. The van der Waals surface area contributed by atoms with Crippen LogP contribution in [0.2, 0.25) is 0 Å². The van der Waals surface area contributed by atoms with Crippen molar-refractivity contribution in [2.24, 2.45) is 5.92 Å². The Morgan fingerprint density at radius 2 is 2.33 bits per heavy atom. The lowest BCUT2D eigenvalue weighted by Gasteiger charge is -2.33. The van der Waals surface area contributed by atoms with Crippen molar-refractivity contribution in [2.75, 3.05) is 37.9 Å². The van der Waals surface area contributed by atoms with E-state index in [9.17, 15) is 9.59 Å². The van der Waals surface area contributed by atoms with Crippen LogP contribution in [0.3, 0.4) is 0 Å². The van der Waals surface area contributed by atoms with Crippen LogP contribution in [0.25, 0.3) is 0 Å². The molecule has 0 aromatic rings. The summed E-state index contributed by atoms with van der Waals surface area (Å²) in [4.78, 5) is 27.0. The highest BCUT2D eigenvalue weighted by Crippen LogP contribution is 2.20. The number of carbonyl (C=O) groups excluding carboxylic acids is 2. The summed E-state index contributed by atoms with van der Waals surface area (Å²) in [5.74, 6) is 1.67. The van der Waals surface area contributed by atoms with E-state index in [-0.39, 0.29) is 25.0 Å². The van der Waals surface area contributed by atoms with Crippen molar-refractivity contribution in [1.82, 2.24) is 9.80 Å². The first kappa shape index (κ1) is 13.7. The minimum absolute atomic E-state index is 0.0495. The Morgan fingerprint density at radius 1 is 1.50 bits per heavy atom. The topological polar surface area (TPSA) is 60.9 Å². The molecule has 0 radical (unpaired) electrons. The summed E-state index contributed by atoms with van der Waals surface area (Å²) in [5, 5.41) is 8.95. The zero-order valence-corrected chi connectivity index (χ0v) is 11.3. The van der Waals surface area contributed by atoms with Crippen LogP contribution in [0.4, 0.5) is 0 Å². The van der Waals surface area contributed by atoms with Crippen LogP contribution < -0.4 is 0 Å².